The van der Waals surface area contributed by atoms with E-state index < -0.39 is 10.1 Å². The highest BCUT2D eigenvalue weighted by Gasteiger charge is 2.65. The van der Waals surface area contributed by atoms with Crippen molar-refractivity contribution in [2.45, 2.75) is 129 Å². The summed E-state index contributed by atoms with van der Waals surface area (Å²) < 4.78 is 43.3. The molecule has 0 amide bonds. The van der Waals surface area contributed by atoms with E-state index in [9.17, 15) is 13.2 Å². The van der Waals surface area contributed by atoms with E-state index in [0.29, 0.717) is 34.7 Å². The average Bonchev–Trinajstić information content (AvgIpc) is 3.43. The summed E-state index contributed by atoms with van der Waals surface area (Å²) in [4.78, 5) is 11.8. The number of fused-ring (bicyclic) bond motifs is 7. The number of aryl methyl sites for hydroxylation is 1. The van der Waals surface area contributed by atoms with Gasteiger partial charge in [0, 0.05) is 6.92 Å². The standard InChI is InChI=1S/C36H54O6S/c1-22-7-11-28(12-8-22)43(38,39)40-21-23(2)9-14-32-24(3)34-33(42-32)20-31-29-13-10-26-19-27(41-25(4)37)15-17-35(26,5)30(29)16-18-36(31,34)6/h7-8,11-12,23-24,26-27,29-34H,9-10,13-21H2,1-6H3. The first-order valence-electron chi connectivity index (χ1n) is 17.1. The maximum Gasteiger partial charge on any atom is 0.302 e. The van der Waals surface area contributed by atoms with Crippen molar-refractivity contribution in [2.75, 3.05) is 6.61 Å². The molecule has 1 saturated heterocycles. The summed E-state index contributed by atoms with van der Waals surface area (Å²) in [6.07, 6.45) is 12.3. The second-order valence-electron chi connectivity index (χ2n) is 15.8. The van der Waals surface area contributed by atoms with Gasteiger partial charge in [-0.3, -0.25) is 8.98 Å². The third-order valence-corrected chi connectivity index (χ3v) is 14.6. The number of benzene rings is 1. The molecule has 0 aromatic heterocycles. The highest BCUT2D eigenvalue weighted by atomic mass is 32.2. The molecule has 0 bridgehead atoms. The van der Waals surface area contributed by atoms with Gasteiger partial charge in [0.1, 0.15) is 6.10 Å². The molecule has 43 heavy (non-hydrogen) atoms. The minimum atomic E-state index is -3.73. The lowest BCUT2D eigenvalue weighted by Crippen LogP contribution is -2.54. The van der Waals surface area contributed by atoms with Gasteiger partial charge in [-0.1, -0.05) is 45.4 Å². The molecule has 5 aliphatic rings. The van der Waals surface area contributed by atoms with Crippen LogP contribution in [0.3, 0.4) is 0 Å². The Morgan fingerprint density at radius 2 is 1.74 bits per heavy atom. The van der Waals surface area contributed by atoms with Gasteiger partial charge in [-0.15, -0.1) is 0 Å². The van der Waals surface area contributed by atoms with Gasteiger partial charge in [0.2, 0.25) is 0 Å². The van der Waals surface area contributed by atoms with E-state index in [-0.39, 0.29) is 35.6 Å². The van der Waals surface area contributed by atoms with Crippen LogP contribution >= 0.6 is 0 Å². The minimum absolute atomic E-state index is 0.116. The highest BCUT2D eigenvalue weighted by Crippen LogP contribution is 2.70. The largest absolute Gasteiger partial charge is 0.463 e. The molecular formula is C36H54O6S. The fourth-order valence-electron chi connectivity index (χ4n) is 11.1. The minimum Gasteiger partial charge on any atom is -0.463 e. The van der Waals surface area contributed by atoms with Gasteiger partial charge >= 0.3 is 5.97 Å². The number of ether oxygens (including phenoxy) is 2. The number of rotatable bonds is 8. The van der Waals surface area contributed by atoms with Crippen molar-refractivity contribution in [3.63, 3.8) is 0 Å². The second-order valence-corrected chi connectivity index (χ2v) is 17.4. The molecule has 0 N–H and O–H groups in total. The van der Waals surface area contributed by atoms with Crippen molar-refractivity contribution < 1.29 is 26.9 Å². The molecule has 4 aliphatic carbocycles. The Balaban J connectivity index is 1.04. The quantitative estimate of drug-likeness (QED) is 0.220. The van der Waals surface area contributed by atoms with Crippen molar-refractivity contribution in [1.29, 1.82) is 0 Å². The van der Waals surface area contributed by atoms with E-state index in [4.69, 9.17) is 13.7 Å². The molecule has 240 valence electrons. The van der Waals surface area contributed by atoms with Crippen LogP contribution in [-0.4, -0.2) is 39.3 Å². The van der Waals surface area contributed by atoms with Gasteiger partial charge in [0.25, 0.3) is 10.1 Å². The molecule has 0 spiro atoms. The first-order chi connectivity index (χ1) is 20.3. The van der Waals surface area contributed by atoms with E-state index in [0.717, 1.165) is 49.0 Å². The Labute approximate surface area is 260 Å². The van der Waals surface area contributed by atoms with Crippen LogP contribution in [0.1, 0.15) is 104 Å². The molecule has 1 aromatic rings. The number of esters is 1. The first kappa shape index (κ1) is 31.5. The monoisotopic (exact) mass is 614 g/mol. The molecule has 1 heterocycles. The molecular weight excluding hydrogens is 560 g/mol. The highest BCUT2D eigenvalue weighted by molar-refractivity contribution is 7.86. The van der Waals surface area contributed by atoms with E-state index in [1.165, 1.54) is 38.5 Å². The fraction of sp³-hybridized carbons (Fsp3) is 0.806. The maximum atomic E-state index is 12.6. The molecule has 5 fully saturated rings. The zero-order valence-corrected chi connectivity index (χ0v) is 28.0. The topological polar surface area (TPSA) is 78.9 Å². The summed E-state index contributed by atoms with van der Waals surface area (Å²) in [7, 11) is -3.73. The van der Waals surface area contributed by atoms with Crippen molar-refractivity contribution in [1.82, 2.24) is 0 Å². The SMILES string of the molecule is CC(=O)OC1CCC2(C)C(CCC3C2CCC2(C)C3CC3OC(CCC(C)COS(=O)(=O)c4ccc(C)cc4)C(C)C32)C1. The molecule has 1 aliphatic heterocycles. The molecule has 6 rings (SSSR count). The number of hydrogen-bond acceptors (Lipinski definition) is 6. The number of hydrogen-bond donors (Lipinski definition) is 0. The van der Waals surface area contributed by atoms with Crippen LogP contribution in [0.5, 0.6) is 0 Å². The smallest absolute Gasteiger partial charge is 0.302 e. The summed E-state index contributed by atoms with van der Waals surface area (Å²) in [5.74, 6) is 4.13. The van der Waals surface area contributed by atoms with Gasteiger partial charge in [0.15, 0.2) is 0 Å². The first-order valence-corrected chi connectivity index (χ1v) is 18.5. The normalized spacial score (nSPS) is 42.8. The van der Waals surface area contributed by atoms with E-state index in [1.54, 1.807) is 31.2 Å². The summed E-state index contributed by atoms with van der Waals surface area (Å²) in [6, 6.07) is 6.84. The molecule has 12 unspecified atom stereocenters. The van der Waals surface area contributed by atoms with Gasteiger partial charge in [0.05, 0.1) is 23.7 Å². The lowest BCUT2D eigenvalue weighted by Gasteiger charge is -2.61. The van der Waals surface area contributed by atoms with Crippen LogP contribution in [0.15, 0.2) is 29.2 Å². The van der Waals surface area contributed by atoms with E-state index >= 15 is 0 Å². The molecule has 0 radical (unpaired) electrons. The lowest BCUT2D eigenvalue weighted by molar-refractivity contribution is -0.160. The third-order valence-electron chi connectivity index (χ3n) is 13.3. The van der Waals surface area contributed by atoms with Crippen LogP contribution in [0.2, 0.25) is 0 Å². The molecule has 7 heteroatoms. The second kappa shape index (κ2) is 11.7. The predicted octanol–water partition coefficient (Wildman–Crippen LogP) is 7.72. The molecule has 1 aromatic carbocycles. The number of carbonyl (C=O) groups is 1. The third kappa shape index (κ3) is 5.73. The Hall–Kier alpha value is -1.44. The Morgan fingerprint density at radius 1 is 1.02 bits per heavy atom. The molecule has 12 atom stereocenters. The van der Waals surface area contributed by atoms with E-state index in [1.807, 2.05) is 6.92 Å². The van der Waals surface area contributed by atoms with Gasteiger partial charge in [-0.05, 0) is 136 Å². The lowest BCUT2D eigenvalue weighted by atomic mass is 9.44. The maximum absolute atomic E-state index is 12.6. The van der Waals surface area contributed by atoms with Gasteiger partial charge in [-0.2, -0.15) is 8.42 Å². The van der Waals surface area contributed by atoms with E-state index in [2.05, 4.69) is 27.7 Å². The predicted molar refractivity (Wildman–Crippen MR) is 167 cm³/mol. The summed E-state index contributed by atoms with van der Waals surface area (Å²) in [5.41, 5.74) is 1.74. The molecule has 6 nitrogen and oxygen atoms in total. The van der Waals surface area contributed by atoms with Crippen molar-refractivity contribution in [3.05, 3.63) is 29.8 Å². The van der Waals surface area contributed by atoms with Crippen LogP contribution < -0.4 is 0 Å². The Bertz CT molecular complexity index is 1280. The summed E-state index contributed by atoms with van der Waals surface area (Å²) in [5, 5.41) is 0. The number of carbonyl (C=O) groups excluding carboxylic acids is 1. The Morgan fingerprint density at radius 3 is 2.47 bits per heavy atom. The summed E-state index contributed by atoms with van der Waals surface area (Å²) >= 11 is 0. The fourth-order valence-corrected chi connectivity index (χ4v) is 12.1. The van der Waals surface area contributed by atoms with Crippen molar-refractivity contribution in [3.8, 4) is 0 Å². The zero-order valence-electron chi connectivity index (χ0n) is 27.2. The van der Waals surface area contributed by atoms with Crippen LogP contribution in [0.25, 0.3) is 0 Å². The van der Waals surface area contributed by atoms with Crippen LogP contribution in [-0.2, 0) is 28.6 Å². The average molecular weight is 615 g/mol. The van der Waals surface area contributed by atoms with Crippen molar-refractivity contribution in [2.24, 2.45) is 52.3 Å². The summed E-state index contributed by atoms with van der Waals surface area (Å²) in [6.45, 7) is 13.4. The zero-order chi connectivity index (χ0) is 30.7. The van der Waals surface area contributed by atoms with Gasteiger partial charge < -0.3 is 9.47 Å². The van der Waals surface area contributed by atoms with Crippen LogP contribution in [0.4, 0.5) is 0 Å². The van der Waals surface area contributed by atoms with Gasteiger partial charge in [-0.25, -0.2) is 0 Å². The molecule has 4 saturated carbocycles. The Kier molecular flexibility index (Phi) is 8.60. The van der Waals surface area contributed by atoms with Crippen molar-refractivity contribution >= 4 is 16.1 Å². The van der Waals surface area contributed by atoms with Crippen LogP contribution in [0, 0.1) is 59.2 Å².